The molecule has 4 nitrogen and oxygen atoms in total. The second-order valence-electron chi connectivity index (χ2n) is 3.38. The third kappa shape index (κ3) is 9.69. The molecular weight excluding hydrogens is 194 g/mol. The van der Waals surface area contributed by atoms with Crippen LogP contribution in [0.3, 0.4) is 0 Å². The van der Waals surface area contributed by atoms with Crippen molar-refractivity contribution in [3.8, 4) is 0 Å². The van der Waals surface area contributed by atoms with Crippen LogP contribution in [0.15, 0.2) is 0 Å². The number of carbonyl (C=O) groups is 1. The summed E-state index contributed by atoms with van der Waals surface area (Å²) in [4.78, 5) is 12.3. The first kappa shape index (κ1) is 14.4. The molecule has 1 aliphatic rings. The summed E-state index contributed by atoms with van der Waals surface area (Å²) in [7, 11) is 0. The minimum atomic E-state index is -0.211. The molecule has 0 amide bonds. The van der Waals surface area contributed by atoms with E-state index in [4.69, 9.17) is 4.74 Å². The third-order valence-electron chi connectivity index (χ3n) is 1.99. The molecule has 0 aliphatic carbocycles. The van der Waals surface area contributed by atoms with Gasteiger partial charge in [-0.2, -0.15) is 0 Å². The Balaban J connectivity index is 0.000000288. The van der Waals surface area contributed by atoms with Crippen LogP contribution in [0.1, 0.15) is 27.2 Å². The molecule has 90 valence electrons. The molecule has 0 bridgehead atoms. The van der Waals surface area contributed by atoms with Gasteiger partial charge in [0.05, 0.1) is 19.8 Å². The fourth-order valence-corrected chi connectivity index (χ4v) is 1.34. The number of esters is 1. The van der Waals surface area contributed by atoms with Crippen LogP contribution in [-0.4, -0.2) is 50.3 Å². The van der Waals surface area contributed by atoms with E-state index in [2.05, 4.69) is 16.6 Å². The van der Waals surface area contributed by atoms with E-state index in [1.807, 2.05) is 0 Å². The lowest BCUT2D eigenvalue weighted by Crippen LogP contribution is -2.36. The zero-order valence-electron chi connectivity index (χ0n) is 10.1. The highest BCUT2D eigenvalue weighted by atomic mass is 16.5. The number of hydrogen-bond donors (Lipinski definition) is 0. The standard InChI is InChI=1S/C7H15NO.C4H8O2/c1-2-3-8-4-6-9-7-5-8;1-3-6-4(2)5/h2-7H2,1H3;3H2,1-2H3. The highest BCUT2D eigenvalue weighted by Crippen LogP contribution is 1.96. The van der Waals surface area contributed by atoms with Crippen LogP contribution in [0.4, 0.5) is 0 Å². The summed E-state index contributed by atoms with van der Waals surface area (Å²) in [5.41, 5.74) is 0. The Kier molecular flexibility index (Phi) is 9.52. The van der Waals surface area contributed by atoms with Crippen LogP contribution < -0.4 is 0 Å². The van der Waals surface area contributed by atoms with Crippen molar-refractivity contribution in [2.24, 2.45) is 0 Å². The quantitative estimate of drug-likeness (QED) is 0.668. The number of rotatable bonds is 3. The second kappa shape index (κ2) is 9.93. The Morgan fingerprint density at radius 3 is 2.27 bits per heavy atom. The topological polar surface area (TPSA) is 38.8 Å². The molecule has 1 rings (SSSR count). The van der Waals surface area contributed by atoms with Crippen LogP contribution in [0, 0.1) is 0 Å². The molecule has 0 atom stereocenters. The average molecular weight is 217 g/mol. The van der Waals surface area contributed by atoms with Crippen molar-refractivity contribution >= 4 is 5.97 Å². The third-order valence-corrected chi connectivity index (χ3v) is 1.99. The van der Waals surface area contributed by atoms with Gasteiger partial charge in [0.2, 0.25) is 0 Å². The van der Waals surface area contributed by atoms with E-state index in [1.54, 1.807) is 6.92 Å². The van der Waals surface area contributed by atoms with Crippen LogP contribution in [0.25, 0.3) is 0 Å². The molecule has 4 heteroatoms. The first-order valence-electron chi connectivity index (χ1n) is 5.64. The minimum absolute atomic E-state index is 0.211. The summed E-state index contributed by atoms with van der Waals surface area (Å²) >= 11 is 0. The largest absolute Gasteiger partial charge is 0.466 e. The van der Waals surface area contributed by atoms with E-state index in [1.165, 1.54) is 19.9 Å². The summed E-state index contributed by atoms with van der Waals surface area (Å²) in [6.07, 6.45) is 1.26. The number of nitrogens with zero attached hydrogens (tertiary/aromatic N) is 1. The van der Waals surface area contributed by atoms with Gasteiger partial charge in [0.25, 0.3) is 0 Å². The number of carbonyl (C=O) groups excluding carboxylic acids is 1. The maximum Gasteiger partial charge on any atom is 0.302 e. The molecule has 1 saturated heterocycles. The van der Waals surface area contributed by atoms with E-state index in [-0.39, 0.29) is 5.97 Å². The predicted molar refractivity (Wildman–Crippen MR) is 59.9 cm³/mol. The molecule has 0 saturated carbocycles. The maximum absolute atomic E-state index is 9.82. The van der Waals surface area contributed by atoms with Gasteiger partial charge >= 0.3 is 5.97 Å². The Morgan fingerprint density at radius 1 is 1.33 bits per heavy atom. The molecule has 0 N–H and O–H groups in total. The van der Waals surface area contributed by atoms with Gasteiger partial charge in [-0.05, 0) is 19.9 Å². The zero-order chi connectivity index (χ0) is 11.5. The SMILES string of the molecule is CCCN1CCOCC1.CCOC(C)=O. The van der Waals surface area contributed by atoms with Crippen LogP contribution in [0.2, 0.25) is 0 Å². The molecule has 0 aromatic heterocycles. The molecule has 15 heavy (non-hydrogen) atoms. The Bertz CT molecular complexity index is 153. The van der Waals surface area contributed by atoms with Crippen LogP contribution in [-0.2, 0) is 14.3 Å². The number of hydrogen-bond acceptors (Lipinski definition) is 4. The minimum Gasteiger partial charge on any atom is -0.466 e. The number of morpholine rings is 1. The van der Waals surface area contributed by atoms with Crippen molar-refractivity contribution in [2.75, 3.05) is 39.5 Å². The van der Waals surface area contributed by atoms with Crippen molar-refractivity contribution in [3.63, 3.8) is 0 Å². The lowest BCUT2D eigenvalue weighted by atomic mass is 10.4. The molecule has 0 unspecified atom stereocenters. The van der Waals surface area contributed by atoms with E-state index >= 15 is 0 Å². The van der Waals surface area contributed by atoms with Gasteiger partial charge in [-0.15, -0.1) is 0 Å². The van der Waals surface area contributed by atoms with Gasteiger partial charge < -0.3 is 9.47 Å². The predicted octanol–water partition coefficient (Wildman–Crippen LogP) is 1.30. The maximum atomic E-state index is 9.82. The van der Waals surface area contributed by atoms with E-state index in [9.17, 15) is 4.79 Å². The van der Waals surface area contributed by atoms with E-state index in [0.717, 1.165) is 26.3 Å². The summed E-state index contributed by atoms with van der Waals surface area (Å²) in [5.74, 6) is -0.211. The van der Waals surface area contributed by atoms with Gasteiger partial charge in [0.15, 0.2) is 0 Å². The fraction of sp³-hybridized carbons (Fsp3) is 0.909. The van der Waals surface area contributed by atoms with Gasteiger partial charge in [-0.1, -0.05) is 6.92 Å². The highest BCUT2D eigenvalue weighted by molar-refractivity contribution is 5.65. The van der Waals surface area contributed by atoms with Crippen molar-refractivity contribution < 1.29 is 14.3 Å². The first-order valence-corrected chi connectivity index (χ1v) is 5.64. The van der Waals surface area contributed by atoms with Crippen molar-refractivity contribution in [1.29, 1.82) is 0 Å². The van der Waals surface area contributed by atoms with Crippen LogP contribution in [0.5, 0.6) is 0 Å². The smallest absolute Gasteiger partial charge is 0.302 e. The van der Waals surface area contributed by atoms with E-state index in [0.29, 0.717) is 6.61 Å². The molecule has 0 spiro atoms. The molecular formula is C11H23NO3. The summed E-state index contributed by atoms with van der Waals surface area (Å²) in [5, 5.41) is 0. The fourth-order valence-electron chi connectivity index (χ4n) is 1.34. The summed E-state index contributed by atoms with van der Waals surface area (Å²) < 4.78 is 9.61. The van der Waals surface area contributed by atoms with Gasteiger partial charge in [-0.25, -0.2) is 0 Å². The molecule has 1 aliphatic heterocycles. The van der Waals surface area contributed by atoms with Crippen molar-refractivity contribution in [1.82, 2.24) is 4.90 Å². The summed E-state index contributed by atoms with van der Waals surface area (Å²) in [6, 6.07) is 0. The Labute approximate surface area is 92.5 Å². The van der Waals surface area contributed by atoms with Crippen LogP contribution >= 0.6 is 0 Å². The normalized spacial score (nSPS) is 16.5. The average Bonchev–Trinajstić information content (AvgIpc) is 2.20. The molecule has 0 aromatic carbocycles. The first-order chi connectivity index (χ1) is 7.20. The number of ether oxygens (including phenoxy) is 2. The second-order valence-corrected chi connectivity index (χ2v) is 3.38. The lowest BCUT2D eigenvalue weighted by Gasteiger charge is -2.25. The van der Waals surface area contributed by atoms with Gasteiger partial charge in [-0.3, -0.25) is 9.69 Å². The van der Waals surface area contributed by atoms with Crippen molar-refractivity contribution in [2.45, 2.75) is 27.2 Å². The molecule has 1 heterocycles. The Morgan fingerprint density at radius 2 is 1.93 bits per heavy atom. The Hall–Kier alpha value is -0.610. The van der Waals surface area contributed by atoms with Crippen molar-refractivity contribution in [3.05, 3.63) is 0 Å². The van der Waals surface area contributed by atoms with E-state index < -0.39 is 0 Å². The molecule has 0 aromatic rings. The molecule has 1 fully saturated rings. The van der Waals surface area contributed by atoms with Gasteiger partial charge in [0.1, 0.15) is 0 Å². The lowest BCUT2D eigenvalue weighted by molar-refractivity contribution is -0.140. The zero-order valence-corrected chi connectivity index (χ0v) is 10.1. The summed E-state index contributed by atoms with van der Waals surface area (Å²) in [6.45, 7) is 11.2. The molecule has 0 radical (unpaired) electrons. The van der Waals surface area contributed by atoms with Gasteiger partial charge in [0, 0.05) is 20.0 Å². The monoisotopic (exact) mass is 217 g/mol. The highest BCUT2D eigenvalue weighted by Gasteiger charge is 2.07.